The highest BCUT2D eigenvalue weighted by Crippen LogP contribution is 2.20. The summed E-state index contributed by atoms with van der Waals surface area (Å²) < 4.78 is 13.1. The first-order valence-corrected chi connectivity index (χ1v) is 9.73. The minimum Gasteiger partial charge on any atom is -0.368 e. The van der Waals surface area contributed by atoms with Gasteiger partial charge in [-0.25, -0.2) is 9.37 Å². The lowest BCUT2D eigenvalue weighted by Crippen LogP contribution is -2.46. The number of amides is 1. The molecule has 1 saturated heterocycles. The first kappa shape index (κ1) is 18.9. The molecule has 1 amide bonds. The molecule has 3 aromatic rings. The van der Waals surface area contributed by atoms with Crippen molar-refractivity contribution >= 4 is 17.4 Å². The lowest BCUT2D eigenvalue weighted by atomic mass is 10.2. The zero-order chi connectivity index (χ0) is 20.1. The monoisotopic (exact) mass is 390 g/mol. The summed E-state index contributed by atoms with van der Waals surface area (Å²) in [7, 11) is 0. The molecule has 4 rings (SSSR count). The Morgan fingerprint density at radius 1 is 0.897 bits per heavy atom. The number of benzene rings is 2. The largest absolute Gasteiger partial charge is 0.368 e. The van der Waals surface area contributed by atoms with Gasteiger partial charge in [-0.1, -0.05) is 30.3 Å². The van der Waals surface area contributed by atoms with Crippen LogP contribution >= 0.6 is 0 Å². The van der Waals surface area contributed by atoms with E-state index in [1.165, 1.54) is 12.1 Å². The van der Waals surface area contributed by atoms with Crippen LogP contribution in [0.15, 0.2) is 72.9 Å². The minimum atomic E-state index is -0.218. The summed E-state index contributed by atoms with van der Waals surface area (Å²) in [6.45, 7) is 3.82. The van der Waals surface area contributed by atoms with Crippen LogP contribution in [-0.2, 0) is 6.54 Å². The average molecular weight is 390 g/mol. The maximum absolute atomic E-state index is 13.1. The summed E-state index contributed by atoms with van der Waals surface area (Å²) in [6, 6.07) is 20.1. The van der Waals surface area contributed by atoms with E-state index in [0.29, 0.717) is 12.1 Å². The van der Waals surface area contributed by atoms with E-state index in [4.69, 9.17) is 0 Å². The van der Waals surface area contributed by atoms with Gasteiger partial charge < -0.3 is 15.1 Å². The molecule has 0 spiro atoms. The molecule has 1 aromatic heterocycles. The topological polar surface area (TPSA) is 48.5 Å². The van der Waals surface area contributed by atoms with Crippen molar-refractivity contribution in [3.05, 3.63) is 89.9 Å². The molecule has 2 aromatic carbocycles. The van der Waals surface area contributed by atoms with Crippen LogP contribution in [0.1, 0.15) is 15.9 Å². The maximum atomic E-state index is 13.1. The molecule has 2 heterocycles. The van der Waals surface area contributed by atoms with E-state index in [0.717, 1.165) is 43.2 Å². The van der Waals surface area contributed by atoms with Gasteiger partial charge in [-0.15, -0.1) is 0 Å². The van der Waals surface area contributed by atoms with Crippen molar-refractivity contribution in [3.8, 4) is 0 Å². The summed E-state index contributed by atoms with van der Waals surface area (Å²) >= 11 is 0. The Balaban J connectivity index is 1.31. The van der Waals surface area contributed by atoms with Crippen LogP contribution in [0.3, 0.4) is 0 Å². The molecule has 0 bridgehead atoms. The smallest absolute Gasteiger partial charge is 0.253 e. The predicted molar refractivity (Wildman–Crippen MR) is 113 cm³/mol. The van der Waals surface area contributed by atoms with Gasteiger partial charge in [0.2, 0.25) is 0 Å². The number of nitrogens with one attached hydrogen (secondary N) is 1. The van der Waals surface area contributed by atoms with E-state index in [-0.39, 0.29) is 11.7 Å². The van der Waals surface area contributed by atoms with Gasteiger partial charge in [0.05, 0.1) is 5.56 Å². The summed E-state index contributed by atoms with van der Waals surface area (Å²) in [5.41, 5.74) is 2.64. The molecule has 5 nitrogen and oxygen atoms in total. The average Bonchev–Trinajstić information content (AvgIpc) is 2.79. The number of piperazine rings is 1. The number of aromatic nitrogens is 1. The Bertz CT molecular complexity index is 937. The molecule has 1 aliphatic rings. The van der Waals surface area contributed by atoms with Crippen LogP contribution in [0.25, 0.3) is 0 Å². The second kappa shape index (κ2) is 8.73. The third kappa shape index (κ3) is 4.71. The van der Waals surface area contributed by atoms with Gasteiger partial charge in [0.25, 0.3) is 5.91 Å². The van der Waals surface area contributed by atoms with E-state index in [9.17, 15) is 9.18 Å². The van der Waals surface area contributed by atoms with Crippen molar-refractivity contribution in [3.63, 3.8) is 0 Å². The van der Waals surface area contributed by atoms with Crippen molar-refractivity contribution in [2.45, 2.75) is 6.54 Å². The molecule has 1 fully saturated rings. The summed E-state index contributed by atoms with van der Waals surface area (Å²) in [5, 5.41) is 2.92. The van der Waals surface area contributed by atoms with E-state index >= 15 is 0 Å². The fourth-order valence-electron chi connectivity index (χ4n) is 3.43. The number of carbonyl (C=O) groups excluding carboxylic acids is 1. The normalized spacial score (nSPS) is 14.0. The Morgan fingerprint density at radius 2 is 1.59 bits per heavy atom. The standard InChI is InChI=1S/C23H23FN4O/c24-20-7-9-21(10-8-20)27-12-14-28(15-13-27)22-11-6-19(17-25-22)23(29)26-16-18-4-2-1-3-5-18/h1-11,17H,12-16H2,(H,26,29). The molecule has 0 radical (unpaired) electrons. The molecule has 0 atom stereocenters. The van der Waals surface area contributed by atoms with Gasteiger partial charge >= 0.3 is 0 Å². The number of nitrogens with zero attached hydrogens (tertiary/aromatic N) is 3. The van der Waals surface area contributed by atoms with Gasteiger partial charge in [-0.05, 0) is 42.0 Å². The zero-order valence-electron chi connectivity index (χ0n) is 16.1. The number of rotatable bonds is 5. The van der Waals surface area contributed by atoms with Crippen molar-refractivity contribution in [1.29, 1.82) is 0 Å². The number of carbonyl (C=O) groups is 1. The van der Waals surface area contributed by atoms with Crippen molar-refractivity contribution in [2.24, 2.45) is 0 Å². The highest BCUT2D eigenvalue weighted by Gasteiger charge is 2.18. The van der Waals surface area contributed by atoms with Crippen molar-refractivity contribution < 1.29 is 9.18 Å². The lowest BCUT2D eigenvalue weighted by Gasteiger charge is -2.36. The number of hydrogen-bond donors (Lipinski definition) is 1. The number of pyridine rings is 1. The van der Waals surface area contributed by atoms with E-state index in [1.807, 2.05) is 54.6 Å². The van der Waals surface area contributed by atoms with Crippen molar-refractivity contribution in [2.75, 3.05) is 36.0 Å². The highest BCUT2D eigenvalue weighted by molar-refractivity contribution is 5.94. The second-order valence-corrected chi connectivity index (χ2v) is 7.02. The Kier molecular flexibility index (Phi) is 5.70. The molecule has 1 aliphatic heterocycles. The maximum Gasteiger partial charge on any atom is 0.253 e. The molecule has 0 saturated carbocycles. The van der Waals surface area contributed by atoms with Crippen LogP contribution in [0.5, 0.6) is 0 Å². The minimum absolute atomic E-state index is 0.131. The van der Waals surface area contributed by atoms with E-state index < -0.39 is 0 Å². The molecule has 6 heteroatoms. The molecule has 0 aliphatic carbocycles. The van der Waals surface area contributed by atoms with E-state index in [2.05, 4.69) is 20.1 Å². The first-order valence-electron chi connectivity index (χ1n) is 9.73. The predicted octanol–water partition coefficient (Wildman–Crippen LogP) is 3.48. The van der Waals surface area contributed by atoms with Crippen LogP contribution < -0.4 is 15.1 Å². The Morgan fingerprint density at radius 3 is 2.24 bits per heavy atom. The van der Waals surface area contributed by atoms with Gasteiger partial charge in [0, 0.05) is 44.6 Å². The quantitative estimate of drug-likeness (QED) is 0.725. The molecular weight excluding hydrogens is 367 g/mol. The van der Waals surface area contributed by atoms with Gasteiger partial charge in [-0.3, -0.25) is 4.79 Å². The Labute approximate surface area is 169 Å². The fraction of sp³-hybridized carbons (Fsp3) is 0.217. The third-order valence-corrected chi connectivity index (χ3v) is 5.10. The zero-order valence-corrected chi connectivity index (χ0v) is 16.1. The molecule has 0 unspecified atom stereocenters. The lowest BCUT2D eigenvalue weighted by molar-refractivity contribution is 0.0950. The van der Waals surface area contributed by atoms with Crippen LogP contribution in [0.2, 0.25) is 0 Å². The molecule has 1 N–H and O–H groups in total. The molecule has 148 valence electrons. The number of halogens is 1. The van der Waals surface area contributed by atoms with Crippen LogP contribution in [-0.4, -0.2) is 37.1 Å². The van der Waals surface area contributed by atoms with Crippen LogP contribution in [0.4, 0.5) is 15.9 Å². The second-order valence-electron chi connectivity index (χ2n) is 7.02. The summed E-state index contributed by atoms with van der Waals surface area (Å²) in [6.07, 6.45) is 1.63. The molecular formula is C23H23FN4O. The van der Waals surface area contributed by atoms with Gasteiger partial charge in [-0.2, -0.15) is 0 Å². The molecule has 29 heavy (non-hydrogen) atoms. The number of hydrogen-bond acceptors (Lipinski definition) is 4. The van der Waals surface area contributed by atoms with Crippen molar-refractivity contribution in [1.82, 2.24) is 10.3 Å². The Hall–Kier alpha value is -3.41. The van der Waals surface area contributed by atoms with Gasteiger partial charge in [0.15, 0.2) is 0 Å². The van der Waals surface area contributed by atoms with E-state index in [1.54, 1.807) is 6.20 Å². The third-order valence-electron chi connectivity index (χ3n) is 5.10. The number of anilines is 2. The summed E-state index contributed by atoms with van der Waals surface area (Å²) in [4.78, 5) is 21.3. The summed E-state index contributed by atoms with van der Waals surface area (Å²) in [5.74, 6) is 0.516. The highest BCUT2D eigenvalue weighted by atomic mass is 19.1. The first-order chi connectivity index (χ1) is 14.2. The SMILES string of the molecule is O=C(NCc1ccccc1)c1ccc(N2CCN(c3ccc(F)cc3)CC2)nc1. The van der Waals surface area contributed by atoms with Gasteiger partial charge in [0.1, 0.15) is 11.6 Å². The fourth-order valence-corrected chi connectivity index (χ4v) is 3.43. The van der Waals surface area contributed by atoms with Crippen LogP contribution in [0, 0.1) is 5.82 Å².